The van der Waals surface area contributed by atoms with E-state index in [1.165, 1.54) is 13.2 Å². The van der Waals surface area contributed by atoms with E-state index in [4.69, 9.17) is 11.6 Å². The van der Waals surface area contributed by atoms with Gasteiger partial charge in [-0.05, 0) is 17.7 Å². The van der Waals surface area contributed by atoms with Gasteiger partial charge in [-0.2, -0.15) is 0 Å². The molecule has 0 aliphatic rings. The molecule has 0 aliphatic carbocycles. The van der Waals surface area contributed by atoms with E-state index in [0.29, 0.717) is 10.6 Å². The van der Waals surface area contributed by atoms with Gasteiger partial charge in [0.05, 0.1) is 12.0 Å². The van der Waals surface area contributed by atoms with Crippen LogP contribution in [0.1, 0.15) is 5.56 Å². The average molecular weight is 288 g/mol. The maximum absolute atomic E-state index is 11.0. The minimum Gasteiger partial charge on any atom is -0.291 e. The monoisotopic (exact) mass is 287 g/mol. The molecule has 1 aromatic rings. The Morgan fingerprint density at radius 1 is 1.44 bits per heavy atom. The topological polar surface area (TPSA) is 69.4 Å². The molecule has 1 aromatic carbocycles. The van der Waals surface area contributed by atoms with Crippen LogP contribution in [-0.2, 0) is 15.3 Å². The van der Waals surface area contributed by atoms with Crippen molar-refractivity contribution in [3.05, 3.63) is 62.1 Å². The Morgan fingerprint density at radius 2 is 2.06 bits per heavy atom. The van der Waals surface area contributed by atoms with Crippen LogP contribution in [0.25, 0.3) is 6.08 Å². The summed E-state index contributed by atoms with van der Waals surface area (Å²) in [5, 5.41) is 12.4. The molecule has 0 bridgehead atoms. The van der Waals surface area contributed by atoms with E-state index in [-0.39, 0.29) is 5.70 Å². The Bertz CT molecular complexity index is 510. The molecule has 7 heteroatoms. The first-order chi connectivity index (χ1) is 8.52. The summed E-state index contributed by atoms with van der Waals surface area (Å²) in [5.74, 6) is 0. The molecule has 0 radical (unpaired) electrons. The van der Waals surface area contributed by atoms with Gasteiger partial charge in [0.25, 0.3) is 5.70 Å². The van der Waals surface area contributed by atoms with Crippen molar-refractivity contribution in [2.24, 2.45) is 0 Å². The van der Waals surface area contributed by atoms with Crippen LogP contribution in [0.4, 0.5) is 0 Å². The Balaban J connectivity index is 2.98. The fourth-order valence-electron chi connectivity index (χ4n) is 1.07. The first-order valence-electron chi connectivity index (χ1n) is 4.78. The molecule has 0 aliphatic heterocycles. The first kappa shape index (κ1) is 14.6. The second-order valence-electron chi connectivity index (χ2n) is 3.11. The van der Waals surface area contributed by atoms with Crippen LogP contribution in [-0.4, -0.2) is 16.2 Å². The van der Waals surface area contributed by atoms with Crippen molar-refractivity contribution in [3.63, 3.8) is 0 Å². The Hall–Kier alpha value is -1.50. The van der Waals surface area contributed by atoms with E-state index < -0.39 is 16.0 Å². The van der Waals surface area contributed by atoms with Crippen molar-refractivity contribution >= 4 is 28.8 Å². The van der Waals surface area contributed by atoms with Crippen LogP contribution in [0.15, 0.2) is 41.4 Å². The zero-order chi connectivity index (χ0) is 13.5. The van der Waals surface area contributed by atoms with Crippen molar-refractivity contribution in [2.45, 2.75) is 0 Å². The van der Waals surface area contributed by atoms with Crippen molar-refractivity contribution in [2.75, 3.05) is 7.11 Å². The van der Waals surface area contributed by atoms with Crippen molar-refractivity contribution in [1.29, 1.82) is 0 Å². The van der Waals surface area contributed by atoms with Crippen LogP contribution < -0.4 is 0 Å². The maximum Gasteiger partial charge on any atom is 0.270 e. The third-order valence-electron chi connectivity index (χ3n) is 1.91. The summed E-state index contributed by atoms with van der Waals surface area (Å²) < 4.78 is 15.4. The molecule has 0 amide bonds. The van der Waals surface area contributed by atoms with E-state index in [1.807, 2.05) is 0 Å². The fourth-order valence-corrected chi connectivity index (χ4v) is 1.56. The van der Waals surface area contributed by atoms with Crippen LogP contribution in [0.5, 0.6) is 0 Å². The zero-order valence-corrected chi connectivity index (χ0v) is 11.0. The molecule has 5 nitrogen and oxygen atoms in total. The number of allylic oxidation sites excluding steroid dienone is 1. The lowest BCUT2D eigenvalue weighted by atomic mass is 10.2. The standard InChI is InChI=1S/C11H10ClNO4S/c1-17-18(16)7-6-11(13(14)15)8-9-2-4-10(12)5-3-9/h2-8H,1H3/b7-6-,11-8-. The van der Waals surface area contributed by atoms with Gasteiger partial charge in [0, 0.05) is 22.6 Å². The van der Waals surface area contributed by atoms with Gasteiger partial charge in [0.2, 0.25) is 0 Å². The Kier molecular flexibility index (Phi) is 5.70. The van der Waals surface area contributed by atoms with Gasteiger partial charge >= 0.3 is 0 Å². The van der Waals surface area contributed by atoms with E-state index in [1.54, 1.807) is 24.3 Å². The zero-order valence-electron chi connectivity index (χ0n) is 9.41. The molecule has 0 saturated carbocycles. The molecule has 0 heterocycles. The van der Waals surface area contributed by atoms with Gasteiger partial charge in [-0.1, -0.05) is 23.7 Å². The third-order valence-corrected chi connectivity index (χ3v) is 2.85. The van der Waals surface area contributed by atoms with E-state index in [0.717, 1.165) is 11.5 Å². The number of benzene rings is 1. The molecule has 1 unspecified atom stereocenters. The molecule has 0 N–H and O–H groups in total. The quantitative estimate of drug-likeness (QED) is 0.474. The van der Waals surface area contributed by atoms with Gasteiger partial charge < -0.3 is 0 Å². The lowest BCUT2D eigenvalue weighted by Crippen LogP contribution is -1.96. The highest BCUT2D eigenvalue weighted by Crippen LogP contribution is 2.13. The molecule has 0 aromatic heterocycles. The van der Waals surface area contributed by atoms with E-state index >= 15 is 0 Å². The second kappa shape index (κ2) is 7.05. The molecule has 1 atom stereocenters. The number of hydrogen-bond acceptors (Lipinski definition) is 4. The summed E-state index contributed by atoms with van der Waals surface area (Å²) in [5.41, 5.74) is 0.432. The number of nitrogens with zero attached hydrogens (tertiary/aromatic N) is 1. The fraction of sp³-hybridized carbons (Fsp3) is 0.0909. The van der Waals surface area contributed by atoms with Crippen molar-refractivity contribution in [1.82, 2.24) is 0 Å². The maximum atomic E-state index is 11.0. The number of nitro groups is 1. The van der Waals surface area contributed by atoms with Crippen LogP contribution >= 0.6 is 11.6 Å². The Morgan fingerprint density at radius 3 is 2.56 bits per heavy atom. The highest BCUT2D eigenvalue weighted by Gasteiger charge is 2.06. The van der Waals surface area contributed by atoms with Gasteiger partial charge in [-0.25, -0.2) is 4.21 Å². The van der Waals surface area contributed by atoms with E-state index in [9.17, 15) is 14.3 Å². The van der Waals surface area contributed by atoms with E-state index in [2.05, 4.69) is 4.18 Å². The summed E-state index contributed by atoms with van der Waals surface area (Å²) >= 11 is 4.03. The second-order valence-corrected chi connectivity index (χ2v) is 4.67. The smallest absolute Gasteiger partial charge is 0.270 e. The van der Waals surface area contributed by atoms with Gasteiger partial charge in [0.1, 0.15) is 0 Å². The summed E-state index contributed by atoms with van der Waals surface area (Å²) in [6, 6.07) is 6.55. The van der Waals surface area contributed by atoms with Crippen LogP contribution in [0.3, 0.4) is 0 Å². The lowest BCUT2D eigenvalue weighted by Gasteiger charge is -1.95. The molecule has 1 rings (SSSR count). The predicted molar refractivity (Wildman–Crippen MR) is 70.7 cm³/mol. The molecular weight excluding hydrogens is 278 g/mol. The molecular formula is C11H10ClNO4S. The number of hydrogen-bond donors (Lipinski definition) is 0. The lowest BCUT2D eigenvalue weighted by molar-refractivity contribution is -0.417. The third kappa shape index (κ3) is 4.79. The SMILES string of the molecule is COS(=O)/C=C\C(=C\c1ccc(Cl)cc1)[N+](=O)[O-]. The average Bonchev–Trinajstić information content (AvgIpc) is 2.35. The largest absolute Gasteiger partial charge is 0.291 e. The van der Waals surface area contributed by atoms with Crippen molar-refractivity contribution < 1.29 is 13.3 Å². The van der Waals surface area contributed by atoms with Gasteiger partial charge in [0.15, 0.2) is 11.1 Å². The van der Waals surface area contributed by atoms with Crippen molar-refractivity contribution in [3.8, 4) is 0 Å². The summed E-state index contributed by atoms with van der Waals surface area (Å²) in [6.45, 7) is 0. The van der Waals surface area contributed by atoms with Gasteiger partial charge in [-0.3, -0.25) is 14.3 Å². The normalized spacial score (nSPS) is 13.8. The molecule has 18 heavy (non-hydrogen) atoms. The molecule has 96 valence electrons. The number of rotatable bonds is 5. The minimum absolute atomic E-state index is 0.192. The summed E-state index contributed by atoms with van der Waals surface area (Å²) in [4.78, 5) is 10.2. The predicted octanol–water partition coefficient (Wildman–Crippen LogP) is 2.78. The molecule has 0 fully saturated rings. The minimum atomic E-state index is -1.67. The summed E-state index contributed by atoms with van der Waals surface area (Å²) in [6.07, 6.45) is 2.48. The highest BCUT2D eigenvalue weighted by atomic mass is 35.5. The van der Waals surface area contributed by atoms with Crippen LogP contribution in [0, 0.1) is 10.1 Å². The number of halogens is 1. The highest BCUT2D eigenvalue weighted by molar-refractivity contribution is 7.83. The summed E-state index contributed by atoms with van der Waals surface area (Å²) in [7, 11) is 1.25. The molecule has 0 spiro atoms. The Labute approximate surface area is 112 Å². The molecule has 0 saturated heterocycles. The van der Waals surface area contributed by atoms with Crippen LogP contribution in [0.2, 0.25) is 5.02 Å². The first-order valence-corrected chi connectivity index (χ1v) is 6.29. The van der Waals surface area contributed by atoms with Gasteiger partial charge in [-0.15, -0.1) is 0 Å².